The molecule has 0 aromatic carbocycles. The van der Waals surface area contributed by atoms with Gasteiger partial charge in [0.25, 0.3) is 5.91 Å². The van der Waals surface area contributed by atoms with Crippen LogP contribution in [-0.4, -0.2) is 23.3 Å². The number of dihydropyridines is 1. The lowest BCUT2D eigenvalue weighted by molar-refractivity contribution is -0.118. The summed E-state index contributed by atoms with van der Waals surface area (Å²) in [5.74, 6) is -0.295. The molecule has 112 valence electrons. The van der Waals surface area contributed by atoms with Gasteiger partial charge in [0.05, 0.1) is 5.57 Å². The molecule has 2 heterocycles. The average molecular weight is 304 g/mol. The van der Waals surface area contributed by atoms with Gasteiger partial charge in [-0.05, 0) is 38.5 Å². The molecular formula is C16H20N2O2S. The van der Waals surface area contributed by atoms with E-state index >= 15 is 0 Å². The van der Waals surface area contributed by atoms with Gasteiger partial charge >= 0.3 is 0 Å². The molecule has 5 heteroatoms. The molecule has 2 atom stereocenters. The van der Waals surface area contributed by atoms with Crippen LogP contribution in [0.5, 0.6) is 0 Å². The fourth-order valence-electron chi connectivity index (χ4n) is 2.03. The Hall–Kier alpha value is -1.85. The van der Waals surface area contributed by atoms with Crippen molar-refractivity contribution in [3.8, 4) is 0 Å². The van der Waals surface area contributed by atoms with Gasteiger partial charge < -0.3 is 15.7 Å². The van der Waals surface area contributed by atoms with E-state index in [4.69, 9.17) is 0 Å². The van der Waals surface area contributed by atoms with Crippen LogP contribution in [0.1, 0.15) is 22.9 Å². The quantitative estimate of drug-likeness (QED) is 0.748. The van der Waals surface area contributed by atoms with Crippen molar-refractivity contribution in [3.63, 3.8) is 0 Å². The summed E-state index contributed by atoms with van der Waals surface area (Å²) in [4.78, 5) is 13.3. The Morgan fingerprint density at radius 2 is 2.24 bits per heavy atom. The minimum atomic E-state index is -1.01. The summed E-state index contributed by atoms with van der Waals surface area (Å²) in [5, 5.41) is 17.9. The van der Waals surface area contributed by atoms with Gasteiger partial charge in [0, 0.05) is 27.6 Å². The molecule has 0 aliphatic carbocycles. The topological polar surface area (TPSA) is 61.4 Å². The maximum absolute atomic E-state index is 12.0. The number of aliphatic hydroxyl groups excluding tert-OH is 1. The van der Waals surface area contributed by atoms with Crippen LogP contribution >= 0.6 is 11.3 Å². The number of carbonyl (C=O) groups excluding carboxylic acids is 1. The van der Waals surface area contributed by atoms with Gasteiger partial charge in [-0.15, -0.1) is 17.9 Å². The number of hydrogen-bond donors (Lipinski definition) is 3. The summed E-state index contributed by atoms with van der Waals surface area (Å²) in [6.45, 7) is 9.56. The van der Waals surface area contributed by atoms with Gasteiger partial charge in [-0.2, -0.15) is 0 Å². The fourth-order valence-corrected chi connectivity index (χ4v) is 2.92. The Morgan fingerprint density at radius 3 is 2.76 bits per heavy atom. The molecule has 3 N–H and O–H groups in total. The first-order valence-electron chi connectivity index (χ1n) is 6.79. The summed E-state index contributed by atoms with van der Waals surface area (Å²) in [6, 6.07) is -0.141. The molecule has 21 heavy (non-hydrogen) atoms. The molecular weight excluding hydrogens is 284 g/mol. The van der Waals surface area contributed by atoms with E-state index in [1.54, 1.807) is 23.5 Å². The van der Waals surface area contributed by atoms with Crippen molar-refractivity contribution >= 4 is 22.9 Å². The highest BCUT2D eigenvalue weighted by Gasteiger charge is 2.24. The van der Waals surface area contributed by atoms with Crippen molar-refractivity contribution in [1.29, 1.82) is 0 Å². The SMILES string of the molecule is C=C[C@H](C)NC(=O)C1=CC=C(c2csc(C)c2C)NC1O. The fraction of sp³-hybridized carbons (Fsp3) is 0.312. The number of thiophene rings is 1. The maximum atomic E-state index is 12.0. The van der Waals surface area contributed by atoms with Crippen molar-refractivity contribution in [2.45, 2.75) is 33.0 Å². The predicted octanol–water partition coefficient (Wildman–Crippen LogP) is 2.24. The van der Waals surface area contributed by atoms with Crippen molar-refractivity contribution in [2.24, 2.45) is 0 Å². The standard InChI is InChI=1S/C16H20N2O2S/c1-5-9(2)17-15(19)12-6-7-14(18-16(12)20)13-8-21-11(4)10(13)3/h5-9,16,18,20H,1H2,2-4H3,(H,17,19)/t9-,16?/m0/s1. The second kappa shape index (κ2) is 6.28. The van der Waals surface area contributed by atoms with E-state index in [1.807, 2.05) is 19.9 Å². The van der Waals surface area contributed by atoms with E-state index in [9.17, 15) is 9.90 Å². The second-order valence-corrected chi connectivity index (χ2v) is 6.16. The molecule has 1 aromatic rings. The molecule has 0 spiro atoms. The largest absolute Gasteiger partial charge is 0.369 e. The van der Waals surface area contributed by atoms with Gasteiger partial charge in [0.15, 0.2) is 6.23 Å². The third-order valence-corrected chi connectivity index (χ3v) is 4.58. The monoisotopic (exact) mass is 304 g/mol. The average Bonchev–Trinajstić information content (AvgIpc) is 2.78. The molecule has 1 aliphatic rings. The van der Waals surface area contributed by atoms with Crippen LogP contribution < -0.4 is 10.6 Å². The number of nitrogens with one attached hydrogen (secondary N) is 2. The Balaban J connectivity index is 2.22. The van der Waals surface area contributed by atoms with Gasteiger partial charge in [-0.25, -0.2) is 0 Å². The molecule has 0 saturated heterocycles. The lowest BCUT2D eigenvalue weighted by Gasteiger charge is -2.23. The van der Waals surface area contributed by atoms with E-state index in [0.29, 0.717) is 5.57 Å². The highest BCUT2D eigenvalue weighted by molar-refractivity contribution is 7.10. The van der Waals surface area contributed by atoms with Crippen LogP contribution in [0.15, 0.2) is 35.8 Å². The Labute approximate surface area is 128 Å². The van der Waals surface area contributed by atoms with Crippen molar-refractivity contribution in [3.05, 3.63) is 51.8 Å². The summed E-state index contributed by atoms with van der Waals surface area (Å²) in [5.41, 5.74) is 3.38. The number of hydrogen-bond acceptors (Lipinski definition) is 4. The number of amides is 1. The lowest BCUT2D eigenvalue weighted by atomic mass is 10.0. The molecule has 1 unspecified atom stereocenters. The Morgan fingerprint density at radius 1 is 1.52 bits per heavy atom. The zero-order valence-corrected chi connectivity index (χ0v) is 13.3. The summed E-state index contributed by atoms with van der Waals surface area (Å²) >= 11 is 1.67. The zero-order chi connectivity index (χ0) is 15.6. The van der Waals surface area contributed by atoms with Crippen molar-refractivity contribution < 1.29 is 9.90 Å². The molecule has 0 bridgehead atoms. The first-order valence-corrected chi connectivity index (χ1v) is 7.67. The highest BCUT2D eigenvalue weighted by Crippen LogP contribution is 2.28. The van der Waals surface area contributed by atoms with E-state index in [0.717, 1.165) is 11.3 Å². The number of aryl methyl sites for hydroxylation is 1. The van der Waals surface area contributed by atoms with Gasteiger partial charge in [-0.3, -0.25) is 4.79 Å². The molecule has 1 aromatic heterocycles. The number of aliphatic hydroxyl groups is 1. The minimum Gasteiger partial charge on any atom is -0.369 e. The first kappa shape index (κ1) is 15.5. The number of rotatable bonds is 4. The smallest absolute Gasteiger partial charge is 0.252 e. The van der Waals surface area contributed by atoms with Crippen LogP contribution in [0.2, 0.25) is 0 Å². The third kappa shape index (κ3) is 3.25. The second-order valence-electron chi connectivity index (χ2n) is 5.08. The molecule has 0 radical (unpaired) electrons. The van der Waals surface area contributed by atoms with Gasteiger partial charge in [0.1, 0.15) is 0 Å². The highest BCUT2D eigenvalue weighted by atomic mass is 32.1. The molecule has 4 nitrogen and oxygen atoms in total. The number of allylic oxidation sites excluding steroid dienone is 2. The normalized spacial score (nSPS) is 19.1. The van der Waals surface area contributed by atoms with Crippen LogP contribution in [0, 0.1) is 13.8 Å². The Kier molecular flexibility index (Phi) is 4.65. The summed E-state index contributed by atoms with van der Waals surface area (Å²) in [7, 11) is 0. The summed E-state index contributed by atoms with van der Waals surface area (Å²) in [6.07, 6.45) is 4.12. The molecule has 1 amide bonds. The van der Waals surface area contributed by atoms with Gasteiger partial charge in [-0.1, -0.05) is 6.08 Å². The van der Waals surface area contributed by atoms with E-state index < -0.39 is 6.23 Å². The van der Waals surface area contributed by atoms with Crippen LogP contribution in [0.4, 0.5) is 0 Å². The first-order chi connectivity index (χ1) is 9.93. The van der Waals surface area contributed by atoms with E-state index in [2.05, 4.69) is 29.5 Å². The van der Waals surface area contributed by atoms with E-state index in [-0.39, 0.29) is 11.9 Å². The zero-order valence-electron chi connectivity index (χ0n) is 12.4. The van der Waals surface area contributed by atoms with Crippen molar-refractivity contribution in [1.82, 2.24) is 10.6 Å². The van der Waals surface area contributed by atoms with Crippen LogP contribution in [0.3, 0.4) is 0 Å². The van der Waals surface area contributed by atoms with E-state index in [1.165, 1.54) is 10.4 Å². The minimum absolute atomic E-state index is 0.141. The number of carbonyl (C=O) groups is 1. The predicted molar refractivity (Wildman–Crippen MR) is 86.8 cm³/mol. The third-order valence-electron chi connectivity index (χ3n) is 3.57. The Bertz CT molecular complexity index is 628. The van der Waals surface area contributed by atoms with Gasteiger partial charge in [0.2, 0.25) is 0 Å². The molecule has 0 fully saturated rings. The molecule has 0 saturated carbocycles. The van der Waals surface area contributed by atoms with Crippen molar-refractivity contribution in [2.75, 3.05) is 0 Å². The lowest BCUT2D eigenvalue weighted by Crippen LogP contribution is -2.41. The summed E-state index contributed by atoms with van der Waals surface area (Å²) < 4.78 is 0. The van der Waals surface area contributed by atoms with Crippen LogP contribution in [-0.2, 0) is 4.79 Å². The molecule has 2 rings (SSSR count). The van der Waals surface area contributed by atoms with Crippen LogP contribution in [0.25, 0.3) is 5.70 Å². The maximum Gasteiger partial charge on any atom is 0.252 e. The molecule has 1 aliphatic heterocycles.